The van der Waals surface area contributed by atoms with Crippen LogP contribution in [0.3, 0.4) is 0 Å². The summed E-state index contributed by atoms with van der Waals surface area (Å²) >= 11 is 0. The quantitative estimate of drug-likeness (QED) is 0.522. The summed E-state index contributed by atoms with van der Waals surface area (Å²) < 4.78 is 0. The molecule has 90 valence electrons. The number of rotatable bonds is 8. The number of carbonyl (C=O) groups is 1. The molecule has 0 bridgehead atoms. The van der Waals surface area contributed by atoms with Crippen LogP contribution in [0.4, 0.5) is 0 Å². The Hall–Kier alpha value is -0.610. The van der Waals surface area contributed by atoms with E-state index in [1.807, 2.05) is 13.8 Å². The van der Waals surface area contributed by atoms with Crippen LogP contribution >= 0.6 is 0 Å². The minimum atomic E-state index is -0.667. The number of amides is 1. The van der Waals surface area contributed by atoms with Crippen LogP contribution in [-0.4, -0.2) is 36.2 Å². The van der Waals surface area contributed by atoms with Crippen molar-refractivity contribution in [2.24, 2.45) is 0 Å². The van der Waals surface area contributed by atoms with Crippen molar-refractivity contribution in [2.45, 2.75) is 45.6 Å². The third-order valence-electron chi connectivity index (χ3n) is 2.37. The second-order valence-electron chi connectivity index (χ2n) is 4.13. The van der Waals surface area contributed by atoms with Crippen LogP contribution in [0.5, 0.6) is 0 Å². The van der Waals surface area contributed by atoms with Crippen LogP contribution in [0, 0.1) is 0 Å². The van der Waals surface area contributed by atoms with E-state index in [-0.39, 0.29) is 5.91 Å². The highest BCUT2D eigenvalue weighted by molar-refractivity contribution is 5.75. The Bertz CT molecular complexity index is 181. The van der Waals surface area contributed by atoms with Crippen molar-refractivity contribution in [2.75, 3.05) is 19.6 Å². The molecule has 0 aromatic heterocycles. The van der Waals surface area contributed by atoms with E-state index in [1.54, 1.807) is 6.92 Å². The zero-order valence-corrected chi connectivity index (χ0v) is 10.1. The molecule has 1 atom stereocenters. The van der Waals surface area contributed by atoms with E-state index in [9.17, 15) is 9.90 Å². The van der Waals surface area contributed by atoms with Gasteiger partial charge in [-0.05, 0) is 19.8 Å². The predicted molar refractivity (Wildman–Crippen MR) is 61.7 cm³/mol. The van der Waals surface area contributed by atoms with Crippen molar-refractivity contribution >= 4 is 5.91 Å². The molecule has 0 heterocycles. The van der Waals surface area contributed by atoms with Gasteiger partial charge in [-0.3, -0.25) is 4.79 Å². The lowest BCUT2D eigenvalue weighted by Crippen LogP contribution is -2.38. The molecule has 0 radical (unpaired) electrons. The largest absolute Gasteiger partial charge is 0.389 e. The summed E-state index contributed by atoms with van der Waals surface area (Å²) in [5, 5.41) is 15.5. The lowest BCUT2D eigenvalue weighted by Gasteiger charge is -2.21. The molecule has 0 saturated carbocycles. The van der Waals surface area contributed by atoms with E-state index in [0.29, 0.717) is 25.9 Å². The van der Waals surface area contributed by atoms with Crippen LogP contribution in [0.15, 0.2) is 0 Å². The first-order valence-electron chi connectivity index (χ1n) is 5.71. The molecule has 15 heavy (non-hydrogen) atoms. The highest BCUT2D eigenvalue weighted by Gasteiger charge is 2.16. The van der Waals surface area contributed by atoms with Gasteiger partial charge in [0.05, 0.1) is 5.60 Å². The van der Waals surface area contributed by atoms with Gasteiger partial charge in [0.25, 0.3) is 0 Å². The van der Waals surface area contributed by atoms with Crippen LogP contribution in [0.25, 0.3) is 0 Å². The Morgan fingerprint density at radius 1 is 1.33 bits per heavy atom. The molecule has 0 fully saturated rings. The average Bonchev–Trinajstić information content (AvgIpc) is 2.21. The van der Waals surface area contributed by atoms with Crippen molar-refractivity contribution in [3.05, 3.63) is 0 Å². The maximum Gasteiger partial charge on any atom is 0.221 e. The van der Waals surface area contributed by atoms with Gasteiger partial charge in [0.15, 0.2) is 0 Å². The Morgan fingerprint density at radius 2 is 2.00 bits per heavy atom. The molecule has 0 saturated heterocycles. The number of aliphatic hydroxyl groups is 1. The second-order valence-corrected chi connectivity index (χ2v) is 4.13. The van der Waals surface area contributed by atoms with Gasteiger partial charge in [-0.25, -0.2) is 0 Å². The minimum Gasteiger partial charge on any atom is -0.389 e. The molecule has 0 aliphatic heterocycles. The summed E-state index contributed by atoms with van der Waals surface area (Å²) in [6.07, 6.45) is 2.14. The van der Waals surface area contributed by atoms with Crippen molar-refractivity contribution < 1.29 is 9.90 Å². The smallest absolute Gasteiger partial charge is 0.221 e. The van der Waals surface area contributed by atoms with Crippen molar-refractivity contribution in [3.63, 3.8) is 0 Å². The van der Waals surface area contributed by atoms with E-state index in [1.165, 1.54) is 0 Å². The molecule has 1 unspecified atom stereocenters. The number of hydrogen-bond acceptors (Lipinski definition) is 3. The molecule has 0 rings (SSSR count). The van der Waals surface area contributed by atoms with Gasteiger partial charge in [-0.2, -0.15) is 0 Å². The molecule has 4 heteroatoms. The topological polar surface area (TPSA) is 61.4 Å². The van der Waals surface area contributed by atoms with E-state index < -0.39 is 5.60 Å². The third-order valence-corrected chi connectivity index (χ3v) is 2.37. The molecular weight excluding hydrogens is 192 g/mol. The molecular formula is C11H24N2O2. The first-order chi connectivity index (χ1) is 7.02. The maximum atomic E-state index is 11.2. The normalized spacial score (nSPS) is 14.7. The SMILES string of the molecule is CCCNC(=O)CCNCC(C)(O)CC. The molecule has 4 nitrogen and oxygen atoms in total. The predicted octanol–water partition coefficient (Wildman–Crippen LogP) is 0.653. The summed E-state index contributed by atoms with van der Waals surface area (Å²) in [5.41, 5.74) is -0.667. The summed E-state index contributed by atoms with van der Waals surface area (Å²) in [4.78, 5) is 11.2. The highest BCUT2D eigenvalue weighted by Crippen LogP contribution is 2.05. The second kappa shape index (κ2) is 7.65. The van der Waals surface area contributed by atoms with E-state index >= 15 is 0 Å². The lowest BCUT2D eigenvalue weighted by atomic mass is 10.0. The third kappa shape index (κ3) is 8.39. The molecule has 3 N–H and O–H groups in total. The Labute approximate surface area is 92.4 Å². The molecule has 0 aromatic rings. The van der Waals surface area contributed by atoms with E-state index in [0.717, 1.165) is 13.0 Å². The number of nitrogens with one attached hydrogen (secondary N) is 2. The standard InChI is InChI=1S/C11H24N2O2/c1-4-7-13-10(14)6-8-12-9-11(3,15)5-2/h12,15H,4-9H2,1-3H3,(H,13,14). The number of hydrogen-bond donors (Lipinski definition) is 3. The van der Waals surface area contributed by atoms with Gasteiger partial charge in [0.1, 0.15) is 0 Å². The maximum absolute atomic E-state index is 11.2. The Balaban J connectivity index is 3.42. The van der Waals surface area contributed by atoms with Crippen molar-refractivity contribution in [1.29, 1.82) is 0 Å². The fourth-order valence-corrected chi connectivity index (χ4v) is 1.04. The zero-order valence-electron chi connectivity index (χ0n) is 10.1. The van der Waals surface area contributed by atoms with Gasteiger partial charge in [-0.15, -0.1) is 0 Å². The van der Waals surface area contributed by atoms with E-state index in [2.05, 4.69) is 10.6 Å². The van der Waals surface area contributed by atoms with Crippen LogP contribution in [-0.2, 0) is 4.79 Å². The van der Waals surface area contributed by atoms with Gasteiger partial charge >= 0.3 is 0 Å². The molecule has 1 amide bonds. The zero-order chi connectivity index (χ0) is 11.7. The summed E-state index contributed by atoms with van der Waals surface area (Å²) in [5.74, 6) is 0.0699. The van der Waals surface area contributed by atoms with Gasteiger partial charge < -0.3 is 15.7 Å². The minimum absolute atomic E-state index is 0.0699. The fourth-order valence-electron chi connectivity index (χ4n) is 1.04. The fraction of sp³-hybridized carbons (Fsp3) is 0.909. The first-order valence-corrected chi connectivity index (χ1v) is 5.71. The van der Waals surface area contributed by atoms with Crippen LogP contribution in [0.1, 0.15) is 40.0 Å². The molecule has 0 aliphatic carbocycles. The van der Waals surface area contributed by atoms with Crippen LogP contribution in [0.2, 0.25) is 0 Å². The molecule has 0 spiro atoms. The monoisotopic (exact) mass is 216 g/mol. The lowest BCUT2D eigenvalue weighted by molar-refractivity contribution is -0.121. The first kappa shape index (κ1) is 14.4. The Kier molecular flexibility index (Phi) is 7.34. The molecule has 0 aliphatic rings. The van der Waals surface area contributed by atoms with Gasteiger partial charge in [0, 0.05) is 26.1 Å². The Morgan fingerprint density at radius 3 is 2.53 bits per heavy atom. The van der Waals surface area contributed by atoms with Crippen molar-refractivity contribution in [3.8, 4) is 0 Å². The van der Waals surface area contributed by atoms with Gasteiger partial charge in [-0.1, -0.05) is 13.8 Å². The average molecular weight is 216 g/mol. The highest BCUT2D eigenvalue weighted by atomic mass is 16.3. The van der Waals surface area contributed by atoms with Gasteiger partial charge in [0.2, 0.25) is 5.91 Å². The van der Waals surface area contributed by atoms with E-state index in [4.69, 9.17) is 0 Å². The summed E-state index contributed by atoms with van der Waals surface area (Å²) in [6.45, 7) is 7.64. The number of carbonyl (C=O) groups excluding carboxylic acids is 1. The van der Waals surface area contributed by atoms with Crippen LogP contribution < -0.4 is 10.6 Å². The van der Waals surface area contributed by atoms with Crippen molar-refractivity contribution in [1.82, 2.24) is 10.6 Å². The summed E-state index contributed by atoms with van der Waals surface area (Å²) in [6, 6.07) is 0. The molecule has 0 aromatic carbocycles. The summed E-state index contributed by atoms with van der Waals surface area (Å²) in [7, 11) is 0.